The summed E-state index contributed by atoms with van der Waals surface area (Å²) < 4.78 is 70.8. The predicted molar refractivity (Wildman–Crippen MR) is 140 cm³/mol. The minimum atomic E-state index is -2.95. The third kappa shape index (κ3) is 5.40. The van der Waals surface area contributed by atoms with E-state index in [1.54, 1.807) is 6.07 Å². The summed E-state index contributed by atoms with van der Waals surface area (Å²) in [6.45, 7) is 2.79. The number of nitrogens with zero attached hydrogens (tertiary/aromatic N) is 6. The van der Waals surface area contributed by atoms with E-state index in [0.717, 1.165) is 0 Å². The highest BCUT2D eigenvalue weighted by Gasteiger charge is 2.44. The van der Waals surface area contributed by atoms with Gasteiger partial charge in [-0.1, -0.05) is 13.8 Å². The van der Waals surface area contributed by atoms with E-state index in [1.165, 1.54) is 32.9 Å². The molecule has 2 aliphatic heterocycles. The molecule has 5 heterocycles. The fourth-order valence-electron chi connectivity index (χ4n) is 5.10. The van der Waals surface area contributed by atoms with Crippen LogP contribution in [0, 0.1) is 5.92 Å². The molecule has 2 atom stereocenters. The maximum Gasteiger partial charge on any atom is 0.272 e. The van der Waals surface area contributed by atoms with Crippen LogP contribution in [0.1, 0.15) is 40.3 Å². The van der Waals surface area contributed by atoms with Crippen molar-refractivity contribution in [1.82, 2.24) is 34.7 Å². The van der Waals surface area contributed by atoms with Crippen LogP contribution in [0.25, 0.3) is 16.8 Å². The molecule has 2 fully saturated rings. The first-order valence-corrected chi connectivity index (χ1v) is 12.7. The Morgan fingerprint density at radius 3 is 2.75 bits per heavy atom. The monoisotopic (exact) mass is 563 g/mol. The van der Waals surface area contributed by atoms with Crippen molar-refractivity contribution in [2.75, 3.05) is 39.0 Å². The number of hydrogen-bond donors (Lipinski definition) is 2. The molecule has 0 spiro atoms. The van der Waals surface area contributed by atoms with Gasteiger partial charge in [0.2, 0.25) is 11.8 Å². The van der Waals surface area contributed by atoms with Crippen molar-refractivity contribution in [2.24, 2.45) is 5.92 Å². The molecule has 0 bridgehead atoms. The van der Waals surface area contributed by atoms with Crippen molar-refractivity contribution < 1.29 is 31.6 Å². The van der Waals surface area contributed by atoms with Gasteiger partial charge in [-0.2, -0.15) is 5.10 Å². The van der Waals surface area contributed by atoms with Gasteiger partial charge in [-0.3, -0.25) is 14.5 Å². The van der Waals surface area contributed by atoms with E-state index in [2.05, 4.69) is 20.4 Å². The van der Waals surface area contributed by atoms with Crippen LogP contribution in [0.15, 0.2) is 24.7 Å². The van der Waals surface area contributed by atoms with E-state index in [9.17, 15) is 22.8 Å². The van der Waals surface area contributed by atoms with Crippen LogP contribution in [0.4, 0.5) is 19.0 Å². The van der Waals surface area contributed by atoms with Crippen LogP contribution >= 0.6 is 0 Å². The number of halogens is 3. The molecule has 0 radical (unpaired) electrons. The topological polar surface area (TPSA) is 131 Å². The zero-order valence-electron chi connectivity index (χ0n) is 24.9. The molecule has 3 N–H and O–H groups in total. The number of fused-ring (bicyclic) bond motifs is 1. The molecule has 0 saturated carbocycles. The number of amides is 2. The quantitative estimate of drug-likeness (QED) is 0.427. The second-order valence-electron chi connectivity index (χ2n) is 10.6. The fourth-order valence-corrected chi connectivity index (χ4v) is 5.10. The zero-order valence-corrected chi connectivity index (χ0v) is 21.9. The van der Waals surface area contributed by atoms with Crippen LogP contribution in [0.2, 0.25) is 0 Å². The van der Waals surface area contributed by atoms with Crippen molar-refractivity contribution in [3.8, 4) is 17.1 Å². The highest BCUT2D eigenvalue weighted by molar-refractivity contribution is 5.98. The number of nitrogen functional groups attached to an aromatic ring is 1. The molecule has 214 valence electrons. The molecule has 2 aliphatic rings. The third-order valence-electron chi connectivity index (χ3n) is 6.95. The van der Waals surface area contributed by atoms with Crippen molar-refractivity contribution in [3.63, 3.8) is 0 Å². The van der Waals surface area contributed by atoms with Gasteiger partial charge < -0.3 is 20.7 Å². The number of nitrogens with one attached hydrogen (secondary N) is 1. The first-order chi connectivity index (χ1) is 20.1. The number of pyridine rings is 1. The molecule has 0 aliphatic carbocycles. The average Bonchev–Trinajstić information content (AvgIpc) is 3.43. The highest BCUT2D eigenvalue weighted by Crippen LogP contribution is 2.34. The van der Waals surface area contributed by atoms with E-state index in [4.69, 9.17) is 14.6 Å². The van der Waals surface area contributed by atoms with Crippen LogP contribution in [0.3, 0.4) is 0 Å². The number of rotatable bonds is 8. The maximum absolute atomic E-state index is 14.9. The number of carbonyl (C=O) groups excluding carboxylic acids is 2. The van der Waals surface area contributed by atoms with Crippen molar-refractivity contribution in [2.45, 2.75) is 44.9 Å². The molecule has 3 aromatic rings. The Morgan fingerprint density at radius 1 is 1.27 bits per heavy atom. The number of methoxy groups -OCH3 is 1. The lowest BCUT2D eigenvalue weighted by Gasteiger charge is -2.38. The number of ether oxygens (including phenoxy) is 1. The van der Waals surface area contributed by atoms with Gasteiger partial charge in [0.05, 0.1) is 42.5 Å². The van der Waals surface area contributed by atoms with Crippen molar-refractivity contribution >= 4 is 23.1 Å². The fraction of sp³-hybridized carbons (Fsp3) is 0.500. The van der Waals surface area contributed by atoms with Gasteiger partial charge in [0.1, 0.15) is 23.6 Å². The molecular formula is C26H31F3N8O3. The van der Waals surface area contributed by atoms with E-state index < -0.39 is 50.1 Å². The molecule has 11 nitrogen and oxygen atoms in total. The smallest absolute Gasteiger partial charge is 0.272 e. The largest absolute Gasteiger partial charge is 0.480 e. The van der Waals surface area contributed by atoms with Gasteiger partial charge in [-0.15, -0.1) is 0 Å². The average molecular weight is 564 g/mol. The molecule has 0 unspecified atom stereocenters. The summed E-state index contributed by atoms with van der Waals surface area (Å²) in [4.78, 5) is 36.9. The number of nitrogens with two attached hydrogens (primary N) is 1. The Labute approximate surface area is 232 Å². The molecule has 2 amide bonds. The van der Waals surface area contributed by atoms with Crippen molar-refractivity contribution in [3.05, 3.63) is 35.8 Å². The molecule has 5 rings (SSSR count). The van der Waals surface area contributed by atoms with Gasteiger partial charge >= 0.3 is 0 Å². The van der Waals surface area contributed by atoms with Crippen LogP contribution in [-0.2, 0) is 11.3 Å². The Morgan fingerprint density at radius 2 is 2.05 bits per heavy atom. The predicted octanol–water partition coefficient (Wildman–Crippen LogP) is 2.16. The zero-order chi connectivity index (χ0) is 31.3. The Kier molecular flexibility index (Phi) is 6.31. The molecular weight excluding hydrogens is 529 g/mol. The minimum Gasteiger partial charge on any atom is -0.480 e. The highest BCUT2D eigenvalue weighted by atomic mass is 19.3. The van der Waals surface area contributed by atoms with Crippen LogP contribution < -0.4 is 15.8 Å². The third-order valence-corrected chi connectivity index (χ3v) is 6.95. The SMILES string of the molecule is [2H]C([2H])([2H])Oc1ncc(-c2cc(CN3CC(F)(F)C3)c3c(N)ncnn23)cc1C(=O)N[C@@H]1CN(C(=O)CC(C)C)C[C@@H]1F. The molecule has 14 heteroatoms. The number of aromatic nitrogens is 4. The lowest BCUT2D eigenvalue weighted by Crippen LogP contribution is -2.55. The van der Waals surface area contributed by atoms with Gasteiger partial charge in [0, 0.05) is 31.3 Å². The summed E-state index contributed by atoms with van der Waals surface area (Å²) in [6, 6.07) is 1.91. The molecule has 40 heavy (non-hydrogen) atoms. The van der Waals surface area contributed by atoms with Crippen LogP contribution in [-0.4, -0.2) is 92.5 Å². The van der Waals surface area contributed by atoms with Gasteiger partial charge in [0.25, 0.3) is 11.8 Å². The lowest BCUT2D eigenvalue weighted by atomic mass is 10.1. The van der Waals surface area contributed by atoms with Crippen molar-refractivity contribution in [1.29, 1.82) is 0 Å². The van der Waals surface area contributed by atoms with Gasteiger partial charge in [-0.25, -0.2) is 27.7 Å². The second-order valence-corrected chi connectivity index (χ2v) is 10.6. The van der Waals surface area contributed by atoms with Gasteiger partial charge in [-0.05, 0) is 23.6 Å². The number of carbonyl (C=O) groups is 2. The normalized spacial score (nSPS) is 22.1. The number of anilines is 1. The number of likely N-dealkylation sites (tertiary alicyclic amines) is 2. The van der Waals surface area contributed by atoms with E-state index in [1.807, 2.05) is 13.8 Å². The van der Waals surface area contributed by atoms with Gasteiger partial charge in [0.15, 0.2) is 5.82 Å². The minimum absolute atomic E-state index is 0.0561. The molecule has 0 aromatic carbocycles. The molecule has 2 saturated heterocycles. The number of hydrogen-bond acceptors (Lipinski definition) is 8. The van der Waals surface area contributed by atoms with E-state index in [0.29, 0.717) is 16.8 Å². The second kappa shape index (κ2) is 10.6. The first-order valence-electron chi connectivity index (χ1n) is 14.2. The Bertz CT molecular complexity index is 1540. The Hall–Kier alpha value is -3.94. The first kappa shape index (κ1) is 23.9. The summed E-state index contributed by atoms with van der Waals surface area (Å²) >= 11 is 0. The summed E-state index contributed by atoms with van der Waals surface area (Å²) in [5.41, 5.74) is 7.38. The summed E-state index contributed by atoms with van der Waals surface area (Å²) in [7, 11) is -2.95. The number of alkyl halides is 3. The Balaban J connectivity index is 1.47. The lowest BCUT2D eigenvalue weighted by molar-refractivity contribution is -0.133. The van der Waals surface area contributed by atoms with E-state index >= 15 is 0 Å². The molecule has 3 aromatic heterocycles. The summed E-state index contributed by atoms with van der Waals surface area (Å²) in [6.07, 6.45) is 1.15. The standard InChI is InChI=1S/C26H31F3N8O3/c1-14(2)4-21(38)36-9-18(27)19(10-36)34-24(39)17-5-15(7-31-25(17)40-3)20-6-16(8-35-11-26(28,29)12-35)22-23(30)32-13-33-37(20)22/h5-7,13-14,18-19H,4,8-12H2,1-3H3,(H,34,39)(H2,30,32,33)/t18-,19+/m0/s1/i3D3. The maximum atomic E-state index is 14.9. The summed E-state index contributed by atoms with van der Waals surface area (Å²) in [5, 5.41) is 6.78. The van der Waals surface area contributed by atoms with E-state index in [-0.39, 0.29) is 54.8 Å². The summed E-state index contributed by atoms with van der Waals surface area (Å²) in [5.74, 6) is -4.21. The van der Waals surface area contributed by atoms with Crippen LogP contribution in [0.5, 0.6) is 5.88 Å².